The summed E-state index contributed by atoms with van der Waals surface area (Å²) in [6.45, 7) is 0. The van der Waals surface area contributed by atoms with E-state index in [1.54, 1.807) is 12.3 Å². The summed E-state index contributed by atoms with van der Waals surface area (Å²) in [5, 5.41) is 3.94. The summed E-state index contributed by atoms with van der Waals surface area (Å²) in [7, 11) is 0. The number of nitrogens with two attached hydrogens (primary N) is 1. The number of aromatic nitrogens is 1. The number of pyridine rings is 1. The number of nitrogen functional groups attached to an aromatic ring is 1. The van der Waals surface area contributed by atoms with Crippen molar-refractivity contribution in [3.63, 3.8) is 0 Å². The minimum atomic E-state index is 0.141. The zero-order chi connectivity index (χ0) is 15.4. The molecule has 22 heavy (non-hydrogen) atoms. The number of rotatable bonds is 2. The van der Waals surface area contributed by atoms with Crippen LogP contribution in [0, 0.1) is 5.92 Å². The SMILES string of the molecule is Nc1ccnc2ccc(NC(=O)C3CCCCCCC3)cc12. The first kappa shape index (κ1) is 14.8. The van der Waals surface area contributed by atoms with Gasteiger partial charge in [-0.1, -0.05) is 32.1 Å². The number of nitrogens with zero attached hydrogens (tertiary/aromatic N) is 1. The first-order valence-corrected chi connectivity index (χ1v) is 8.19. The van der Waals surface area contributed by atoms with Crippen LogP contribution < -0.4 is 11.1 Å². The lowest BCUT2D eigenvalue weighted by atomic mass is 9.90. The van der Waals surface area contributed by atoms with Crippen LogP contribution in [-0.4, -0.2) is 10.9 Å². The Hall–Kier alpha value is -2.10. The van der Waals surface area contributed by atoms with Gasteiger partial charge >= 0.3 is 0 Å². The molecule has 1 saturated carbocycles. The molecule has 3 rings (SSSR count). The van der Waals surface area contributed by atoms with Gasteiger partial charge in [-0.25, -0.2) is 0 Å². The molecule has 1 aromatic carbocycles. The lowest BCUT2D eigenvalue weighted by Gasteiger charge is -2.19. The van der Waals surface area contributed by atoms with Gasteiger partial charge in [-0.2, -0.15) is 0 Å². The maximum Gasteiger partial charge on any atom is 0.227 e. The van der Waals surface area contributed by atoms with E-state index >= 15 is 0 Å². The highest BCUT2D eigenvalue weighted by molar-refractivity contribution is 5.97. The van der Waals surface area contributed by atoms with E-state index < -0.39 is 0 Å². The van der Waals surface area contributed by atoms with Crippen molar-refractivity contribution in [1.29, 1.82) is 0 Å². The number of carbonyl (C=O) groups excluding carboxylic acids is 1. The maximum absolute atomic E-state index is 12.5. The number of benzene rings is 1. The van der Waals surface area contributed by atoms with Gasteiger partial charge in [-0.05, 0) is 37.1 Å². The van der Waals surface area contributed by atoms with Gasteiger partial charge in [-0.15, -0.1) is 0 Å². The average Bonchev–Trinajstić information content (AvgIpc) is 2.47. The summed E-state index contributed by atoms with van der Waals surface area (Å²) in [5.41, 5.74) is 8.33. The van der Waals surface area contributed by atoms with Gasteiger partial charge in [0.1, 0.15) is 0 Å². The molecule has 0 radical (unpaired) electrons. The van der Waals surface area contributed by atoms with Crippen LogP contribution in [0.1, 0.15) is 44.9 Å². The standard InChI is InChI=1S/C18H23N3O/c19-16-10-11-20-17-9-8-14(12-15(16)17)21-18(22)13-6-4-2-1-3-5-7-13/h8-13H,1-7H2,(H2,19,20)(H,21,22). The monoisotopic (exact) mass is 297 g/mol. The Kier molecular flexibility index (Phi) is 4.56. The van der Waals surface area contributed by atoms with Crippen LogP contribution in [0.3, 0.4) is 0 Å². The molecule has 1 heterocycles. The average molecular weight is 297 g/mol. The van der Waals surface area contributed by atoms with E-state index in [4.69, 9.17) is 5.73 Å². The smallest absolute Gasteiger partial charge is 0.227 e. The highest BCUT2D eigenvalue weighted by atomic mass is 16.1. The van der Waals surface area contributed by atoms with E-state index in [1.807, 2.05) is 18.2 Å². The minimum Gasteiger partial charge on any atom is -0.398 e. The molecule has 0 saturated heterocycles. The van der Waals surface area contributed by atoms with Gasteiger partial charge in [0.05, 0.1) is 5.52 Å². The quantitative estimate of drug-likeness (QED) is 0.876. The summed E-state index contributed by atoms with van der Waals surface area (Å²) in [6.07, 6.45) is 9.84. The number of hydrogen-bond acceptors (Lipinski definition) is 3. The first-order chi connectivity index (χ1) is 10.7. The predicted octanol–water partition coefficient (Wildman–Crippen LogP) is 4.12. The molecule has 1 aromatic heterocycles. The Labute approximate surface area is 131 Å². The molecule has 0 bridgehead atoms. The number of amides is 1. The van der Waals surface area contributed by atoms with Crippen molar-refractivity contribution in [2.75, 3.05) is 11.1 Å². The summed E-state index contributed by atoms with van der Waals surface area (Å²) < 4.78 is 0. The van der Waals surface area contributed by atoms with Crippen LogP contribution in [-0.2, 0) is 4.79 Å². The Bertz CT molecular complexity index is 660. The second-order valence-corrected chi connectivity index (χ2v) is 6.16. The summed E-state index contributed by atoms with van der Waals surface area (Å²) in [5.74, 6) is 0.283. The van der Waals surface area contributed by atoms with E-state index in [0.29, 0.717) is 5.69 Å². The van der Waals surface area contributed by atoms with Crippen molar-refractivity contribution in [3.8, 4) is 0 Å². The Morgan fingerprint density at radius 2 is 1.82 bits per heavy atom. The van der Waals surface area contributed by atoms with Crippen molar-refractivity contribution in [1.82, 2.24) is 4.98 Å². The predicted molar refractivity (Wildman–Crippen MR) is 90.6 cm³/mol. The van der Waals surface area contributed by atoms with Gasteiger partial charge in [0.15, 0.2) is 0 Å². The van der Waals surface area contributed by atoms with Crippen LogP contribution in [0.5, 0.6) is 0 Å². The van der Waals surface area contributed by atoms with Crippen molar-refractivity contribution in [3.05, 3.63) is 30.5 Å². The topological polar surface area (TPSA) is 68.0 Å². The van der Waals surface area contributed by atoms with Gasteiger partial charge in [0, 0.05) is 28.9 Å². The van der Waals surface area contributed by atoms with Gasteiger partial charge in [0.25, 0.3) is 0 Å². The zero-order valence-electron chi connectivity index (χ0n) is 12.8. The molecule has 0 atom stereocenters. The van der Waals surface area contributed by atoms with Crippen LogP contribution in [0.2, 0.25) is 0 Å². The Balaban J connectivity index is 1.74. The number of nitrogens with one attached hydrogen (secondary N) is 1. The Morgan fingerprint density at radius 1 is 1.09 bits per heavy atom. The fraction of sp³-hybridized carbons (Fsp3) is 0.444. The van der Waals surface area contributed by atoms with Crippen molar-refractivity contribution >= 4 is 28.2 Å². The fourth-order valence-corrected chi connectivity index (χ4v) is 3.21. The largest absolute Gasteiger partial charge is 0.398 e. The van der Waals surface area contributed by atoms with Crippen molar-refractivity contribution in [2.45, 2.75) is 44.9 Å². The van der Waals surface area contributed by atoms with E-state index in [1.165, 1.54) is 19.3 Å². The molecule has 0 aliphatic heterocycles. The molecular weight excluding hydrogens is 274 g/mol. The third-order valence-electron chi connectivity index (χ3n) is 4.52. The lowest BCUT2D eigenvalue weighted by molar-refractivity contribution is -0.120. The number of fused-ring (bicyclic) bond motifs is 1. The summed E-state index contributed by atoms with van der Waals surface area (Å²) in [6, 6.07) is 7.50. The number of anilines is 2. The molecular formula is C18H23N3O. The Morgan fingerprint density at radius 3 is 2.59 bits per heavy atom. The second kappa shape index (κ2) is 6.77. The normalized spacial score (nSPS) is 16.9. The molecule has 2 aromatic rings. The van der Waals surface area contributed by atoms with Crippen molar-refractivity contribution < 1.29 is 4.79 Å². The summed E-state index contributed by atoms with van der Waals surface area (Å²) in [4.78, 5) is 16.8. The molecule has 4 nitrogen and oxygen atoms in total. The molecule has 4 heteroatoms. The van der Waals surface area contributed by atoms with E-state index in [2.05, 4.69) is 10.3 Å². The highest BCUT2D eigenvalue weighted by Gasteiger charge is 2.19. The van der Waals surface area contributed by atoms with E-state index in [9.17, 15) is 4.79 Å². The fourth-order valence-electron chi connectivity index (χ4n) is 3.21. The first-order valence-electron chi connectivity index (χ1n) is 8.19. The third kappa shape index (κ3) is 3.38. The van der Waals surface area contributed by atoms with Crippen LogP contribution in [0.25, 0.3) is 10.9 Å². The molecule has 0 spiro atoms. The van der Waals surface area contributed by atoms with Gasteiger partial charge < -0.3 is 11.1 Å². The second-order valence-electron chi connectivity index (χ2n) is 6.16. The maximum atomic E-state index is 12.5. The van der Waals surface area contributed by atoms with E-state index in [-0.39, 0.29) is 11.8 Å². The van der Waals surface area contributed by atoms with Crippen LogP contribution in [0.4, 0.5) is 11.4 Å². The molecule has 1 fully saturated rings. The third-order valence-corrected chi connectivity index (χ3v) is 4.52. The number of hydrogen-bond donors (Lipinski definition) is 2. The lowest BCUT2D eigenvalue weighted by Crippen LogP contribution is -2.23. The van der Waals surface area contributed by atoms with Gasteiger partial charge in [-0.3, -0.25) is 9.78 Å². The van der Waals surface area contributed by atoms with Crippen LogP contribution in [0.15, 0.2) is 30.5 Å². The highest BCUT2D eigenvalue weighted by Crippen LogP contribution is 2.26. The molecule has 1 aliphatic rings. The van der Waals surface area contributed by atoms with Crippen LogP contribution >= 0.6 is 0 Å². The summed E-state index contributed by atoms with van der Waals surface area (Å²) >= 11 is 0. The molecule has 3 N–H and O–H groups in total. The number of carbonyl (C=O) groups is 1. The zero-order valence-corrected chi connectivity index (χ0v) is 12.8. The molecule has 116 valence electrons. The molecule has 0 unspecified atom stereocenters. The minimum absolute atomic E-state index is 0.141. The van der Waals surface area contributed by atoms with Gasteiger partial charge in [0.2, 0.25) is 5.91 Å². The molecule has 1 aliphatic carbocycles. The molecule has 1 amide bonds. The van der Waals surface area contributed by atoms with Crippen molar-refractivity contribution in [2.24, 2.45) is 5.92 Å². The van der Waals surface area contributed by atoms with E-state index in [0.717, 1.165) is 42.3 Å².